The third-order valence-corrected chi connectivity index (χ3v) is 3.55. The third kappa shape index (κ3) is 3.13. The van der Waals surface area contributed by atoms with E-state index in [-0.39, 0.29) is 6.61 Å². The van der Waals surface area contributed by atoms with E-state index >= 15 is 0 Å². The van der Waals surface area contributed by atoms with Crippen LogP contribution in [0.4, 0.5) is 0 Å². The number of aromatic nitrogens is 2. The van der Waals surface area contributed by atoms with Crippen molar-refractivity contribution in [3.8, 4) is 0 Å². The smallest absolute Gasteiger partial charge is 0.0858 e. The van der Waals surface area contributed by atoms with Crippen LogP contribution < -0.4 is 0 Å². The van der Waals surface area contributed by atoms with Crippen molar-refractivity contribution in [3.63, 3.8) is 0 Å². The first-order valence-electron chi connectivity index (χ1n) is 5.17. The molecular weight excluding hydrogens is 232 g/mol. The molecule has 0 amide bonds. The molecule has 0 aliphatic rings. The van der Waals surface area contributed by atoms with Gasteiger partial charge in [0.1, 0.15) is 0 Å². The van der Waals surface area contributed by atoms with Gasteiger partial charge >= 0.3 is 0 Å². The van der Waals surface area contributed by atoms with Gasteiger partial charge in [-0.25, -0.2) is 0 Å². The Balaban J connectivity index is 2.78. The molecule has 1 N–H and O–H groups in total. The molecule has 86 valence electrons. The van der Waals surface area contributed by atoms with E-state index < -0.39 is 0 Å². The Bertz CT molecular complexity index is 315. The summed E-state index contributed by atoms with van der Waals surface area (Å²) in [6.45, 7) is 5.17. The molecule has 0 radical (unpaired) electrons. The fraction of sp³-hybridized carbons (Fsp3) is 0.700. The van der Waals surface area contributed by atoms with Crippen LogP contribution in [-0.4, -0.2) is 27.2 Å². The molecule has 0 unspecified atom stereocenters. The van der Waals surface area contributed by atoms with E-state index in [9.17, 15) is 0 Å². The predicted octanol–water partition coefficient (Wildman–Crippen LogP) is 2.34. The first-order valence-corrected chi connectivity index (χ1v) is 6.70. The van der Waals surface area contributed by atoms with Gasteiger partial charge in [-0.15, -0.1) is 0 Å². The lowest BCUT2D eigenvalue weighted by molar-refractivity contribution is 0.322. The number of rotatable bonds is 6. The van der Waals surface area contributed by atoms with E-state index in [0.717, 1.165) is 40.9 Å². The molecule has 1 aromatic rings. The Morgan fingerprint density at radius 3 is 2.73 bits per heavy atom. The van der Waals surface area contributed by atoms with Crippen molar-refractivity contribution < 1.29 is 5.11 Å². The van der Waals surface area contributed by atoms with Gasteiger partial charge in [-0.1, -0.05) is 18.5 Å². The topological polar surface area (TPSA) is 38.0 Å². The van der Waals surface area contributed by atoms with Gasteiger partial charge in [0.25, 0.3) is 0 Å². The second-order valence-corrected chi connectivity index (χ2v) is 4.64. The molecule has 1 aromatic heterocycles. The monoisotopic (exact) mass is 248 g/mol. The molecule has 1 heterocycles. The molecule has 3 nitrogen and oxygen atoms in total. The van der Waals surface area contributed by atoms with Gasteiger partial charge in [-0.3, -0.25) is 4.68 Å². The molecule has 0 spiro atoms. The lowest BCUT2D eigenvalue weighted by atomic mass is 10.3. The second kappa shape index (κ2) is 6.40. The Kier molecular flexibility index (Phi) is 5.50. The van der Waals surface area contributed by atoms with Crippen LogP contribution >= 0.6 is 23.4 Å². The first-order chi connectivity index (χ1) is 7.24. The van der Waals surface area contributed by atoms with Crippen LogP contribution in [0.3, 0.4) is 0 Å². The fourth-order valence-corrected chi connectivity index (χ4v) is 2.56. The molecule has 0 fully saturated rings. The molecule has 15 heavy (non-hydrogen) atoms. The zero-order valence-corrected chi connectivity index (χ0v) is 10.7. The van der Waals surface area contributed by atoms with Gasteiger partial charge in [0, 0.05) is 18.1 Å². The average molecular weight is 249 g/mol. The van der Waals surface area contributed by atoms with E-state index in [0.29, 0.717) is 0 Å². The van der Waals surface area contributed by atoms with Gasteiger partial charge in [-0.05, 0) is 13.3 Å². The summed E-state index contributed by atoms with van der Waals surface area (Å²) in [5, 5.41) is 13.9. The standard InChI is InChI=1S/C10H17ClN2OS/c1-3-8-10(11)9(7-15-6-5-14)13(4-2)12-8/h14H,3-7H2,1-2H3. The fourth-order valence-electron chi connectivity index (χ4n) is 1.39. The predicted molar refractivity (Wildman–Crippen MR) is 65.5 cm³/mol. The van der Waals surface area contributed by atoms with Crippen LogP contribution in [0.15, 0.2) is 0 Å². The minimum Gasteiger partial charge on any atom is -0.396 e. The van der Waals surface area contributed by atoms with Crippen molar-refractivity contribution in [1.29, 1.82) is 0 Å². The zero-order chi connectivity index (χ0) is 11.3. The minimum absolute atomic E-state index is 0.211. The largest absolute Gasteiger partial charge is 0.396 e. The zero-order valence-electron chi connectivity index (χ0n) is 9.16. The molecule has 0 aliphatic heterocycles. The van der Waals surface area contributed by atoms with Crippen molar-refractivity contribution in [2.75, 3.05) is 12.4 Å². The summed E-state index contributed by atoms with van der Waals surface area (Å²) in [7, 11) is 0. The first kappa shape index (κ1) is 12.9. The maximum absolute atomic E-state index is 8.72. The van der Waals surface area contributed by atoms with Gasteiger partial charge in [0.15, 0.2) is 0 Å². The highest BCUT2D eigenvalue weighted by atomic mass is 35.5. The van der Waals surface area contributed by atoms with E-state index in [1.807, 2.05) is 4.68 Å². The summed E-state index contributed by atoms with van der Waals surface area (Å²) >= 11 is 7.91. The maximum Gasteiger partial charge on any atom is 0.0858 e. The van der Waals surface area contributed by atoms with Crippen LogP contribution in [0.1, 0.15) is 25.2 Å². The van der Waals surface area contributed by atoms with Crippen LogP contribution in [0.2, 0.25) is 5.02 Å². The Morgan fingerprint density at radius 2 is 2.20 bits per heavy atom. The van der Waals surface area contributed by atoms with Crippen molar-refractivity contribution in [3.05, 3.63) is 16.4 Å². The van der Waals surface area contributed by atoms with E-state index in [1.165, 1.54) is 0 Å². The van der Waals surface area contributed by atoms with Crippen molar-refractivity contribution in [2.45, 2.75) is 32.6 Å². The Labute approximate surface area is 99.8 Å². The highest BCUT2D eigenvalue weighted by molar-refractivity contribution is 7.98. The molecular formula is C10H17ClN2OS. The van der Waals surface area contributed by atoms with Crippen LogP contribution in [0.5, 0.6) is 0 Å². The Hall–Kier alpha value is -0.190. The van der Waals surface area contributed by atoms with Crippen molar-refractivity contribution in [1.82, 2.24) is 9.78 Å². The molecule has 1 rings (SSSR count). The molecule has 0 aliphatic carbocycles. The summed E-state index contributed by atoms with van der Waals surface area (Å²) < 4.78 is 1.95. The van der Waals surface area contributed by atoms with E-state index in [2.05, 4.69) is 18.9 Å². The molecule has 0 aromatic carbocycles. The number of thioether (sulfide) groups is 1. The summed E-state index contributed by atoms with van der Waals surface area (Å²) in [6.07, 6.45) is 0.865. The lowest BCUT2D eigenvalue weighted by Gasteiger charge is -2.04. The summed E-state index contributed by atoms with van der Waals surface area (Å²) in [5.41, 5.74) is 2.05. The van der Waals surface area contributed by atoms with Crippen LogP contribution in [0, 0.1) is 0 Å². The normalized spacial score (nSPS) is 10.9. The number of aryl methyl sites for hydroxylation is 2. The quantitative estimate of drug-likeness (QED) is 0.786. The number of halogens is 1. The summed E-state index contributed by atoms with van der Waals surface area (Å²) in [4.78, 5) is 0. The molecule has 0 saturated heterocycles. The molecule has 5 heteroatoms. The van der Waals surface area contributed by atoms with Gasteiger partial charge in [0.2, 0.25) is 0 Å². The Morgan fingerprint density at radius 1 is 1.47 bits per heavy atom. The average Bonchev–Trinajstić information content (AvgIpc) is 2.56. The summed E-state index contributed by atoms with van der Waals surface area (Å²) in [6, 6.07) is 0. The number of hydrogen-bond acceptors (Lipinski definition) is 3. The number of aliphatic hydroxyl groups is 1. The van der Waals surface area contributed by atoms with Gasteiger partial charge in [0.05, 0.1) is 23.0 Å². The number of nitrogens with zero attached hydrogens (tertiary/aromatic N) is 2. The second-order valence-electron chi connectivity index (χ2n) is 3.15. The molecule has 0 saturated carbocycles. The van der Waals surface area contributed by atoms with Crippen molar-refractivity contribution in [2.24, 2.45) is 0 Å². The highest BCUT2D eigenvalue weighted by Crippen LogP contribution is 2.25. The SMILES string of the molecule is CCc1nn(CC)c(CSCCO)c1Cl. The van der Waals surface area contributed by atoms with Crippen LogP contribution in [-0.2, 0) is 18.7 Å². The van der Waals surface area contributed by atoms with Gasteiger partial charge < -0.3 is 5.11 Å². The number of aliphatic hydroxyl groups excluding tert-OH is 1. The highest BCUT2D eigenvalue weighted by Gasteiger charge is 2.13. The van der Waals surface area contributed by atoms with Crippen molar-refractivity contribution >= 4 is 23.4 Å². The minimum atomic E-state index is 0.211. The number of hydrogen-bond donors (Lipinski definition) is 1. The molecule has 0 bridgehead atoms. The van der Waals surface area contributed by atoms with Gasteiger partial charge in [-0.2, -0.15) is 16.9 Å². The summed E-state index contributed by atoms with van der Waals surface area (Å²) in [5.74, 6) is 1.56. The van der Waals surface area contributed by atoms with E-state index in [1.54, 1.807) is 11.8 Å². The van der Waals surface area contributed by atoms with E-state index in [4.69, 9.17) is 16.7 Å². The van der Waals surface area contributed by atoms with Crippen LogP contribution in [0.25, 0.3) is 0 Å². The third-order valence-electron chi connectivity index (χ3n) is 2.17. The maximum atomic E-state index is 8.72. The lowest BCUT2D eigenvalue weighted by Crippen LogP contribution is -2.02. The molecule has 0 atom stereocenters.